The summed E-state index contributed by atoms with van der Waals surface area (Å²) in [4.78, 5) is 17.6. The van der Waals surface area contributed by atoms with Crippen LogP contribution in [-0.2, 0) is 0 Å². The number of H-pyrrole nitrogens is 1. The summed E-state index contributed by atoms with van der Waals surface area (Å²) in [7, 11) is 0. The molecule has 0 saturated carbocycles. The number of aliphatic hydroxyl groups is 1. The van der Waals surface area contributed by atoms with Gasteiger partial charge in [0.1, 0.15) is 5.69 Å². The summed E-state index contributed by atoms with van der Waals surface area (Å²) in [5.74, 6) is 0.363. The molecule has 0 radical (unpaired) electrons. The second kappa shape index (κ2) is 4.98. The van der Waals surface area contributed by atoms with Gasteiger partial charge in [-0.05, 0) is 19.8 Å². The van der Waals surface area contributed by atoms with Crippen LogP contribution in [0.1, 0.15) is 26.7 Å². The van der Waals surface area contributed by atoms with E-state index in [-0.39, 0.29) is 23.4 Å². The number of nitrogen functional groups attached to an aromatic ring is 1. The van der Waals surface area contributed by atoms with Gasteiger partial charge in [0, 0.05) is 12.1 Å². The van der Waals surface area contributed by atoms with Crippen LogP contribution in [-0.4, -0.2) is 27.2 Å². The molecule has 0 spiro atoms. The lowest BCUT2D eigenvalue weighted by molar-refractivity contribution is 0.252. The molecule has 0 aliphatic heterocycles. The summed E-state index contributed by atoms with van der Waals surface area (Å²) in [5, 5.41) is 12.1. The molecule has 0 bridgehead atoms. The molecule has 0 saturated heterocycles. The number of nitrogens with two attached hydrogens (primary N) is 1. The average molecular weight is 226 g/mol. The highest BCUT2D eigenvalue weighted by molar-refractivity contribution is 5.60. The molecule has 0 aliphatic rings. The van der Waals surface area contributed by atoms with Gasteiger partial charge in [-0.15, -0.1) is 0 Å². The first-order chi connectivity index (χ1) is 7.52. The van der Waals surface area contributed by atoms with E-state index in [1.807, 2.05) is 13.8 Å². The summed E-state index contributed by atoms with van der Waals surface area (Å²) < 4.78 is 0. The van der Waals surface area contributed by atoms with E-state index in [0.717, 1.165) is 6.42 Å². The van der Waals surface area contributed by atoms with E-state index < -0.39 is 0 Å². The molecule has 1 aromatic heterocycles. The zero-order valence-electron chi connectivity index (χ0n) is 9.58. The lowest BCUT2D eigenvalue weighted by atomic mass is 9.95. The van der Waals surface area contributed by atoms with Gasteiger partial charge in [-0.25, -0.2) is 4.98 Å². The molecule has 0 amide bonds. The Hall–Kier alpha value is -1.56. The topological polar surface area (TPSA) is 104 Å². The highest BCUT2D eigenvalue weighted by Gasteiger charge is 2.22. The van der Waals surface area contributed by atoms with Gasteiger partial charge in [0.25, 0.3) is 5.56 Å². The predicted molar refractivity (Wildman–Crippen MR) is 63.3 cm³/mol. The van der Waals surface area contributed by atoms with Gasteiger partial charge >= 0.3 is 0 Å². The van der Waals surface area contributed by atoms with E-state index in [1.54, 1.807) is 0 Å². The molecule has 1 unspecified atom stereocenters. The fourth-order valence-electron chi connectivity index (χ4n) is 1.37. The summed E-state index contributed by atoms with van der Waals surface area (Å²) in [6, 6.07) is 0. The Morgan fingerprint density at radius 2 is 2.38 bits per heavy atom. The molecule has 0 aromatic carbocycles. The van der Waals surface area contributed by atoms with E-state index >= 15 is 0 Å². The maximum atomic E-state index is 11.3. The molecule has 1 aromatic rings. The van der Waals surface area contributed by atoms with E-state index in [0.29, 0.717) is 12.2 Å². The molecular formula is C10H18N4O2. The molecule has 1 rings (SSSR count). The first kappa shape index (κ1) is 12.5. The van der Waals surface area contributed by atoms with Crippen molar-refractivity contribution in [3.8, 4) is 0 Å². The summed E-state index contributed by atoms with van der Waals surface area (Å²) in [6.45, 7) is 4.01. The first-order valence-electron chi connectivity index (χ1n) is 5.24. The molecule has 0 aliphatic carbocycles. The third-order valence-electron chi connectivity index (χ3n) is 2.75. The van der Waals surface area contributed by atoms with Gasteiger partial charge in [-0.2, -0.15) is 0 Å². The van der Waals surface area contributed by atoms with E-state index in [9.17, 15) is 4.79 Å². The Bertz CT molecular complexity index is 404. The molecule has 16 heavy (non-hydrogen) atoms. The number of hydrogen-bond acceptors (Lipinski definition) is 5. The maximum Gasteiger partial charge on any atom is 0.276 e. The lowest BCUT2D eigenvalue weighted by Gasteiger charge is -2.29. The maximum absolute atomic E-state index is 11.3. The smallest absolute Gasteiger partial charge is 0.276 e. The van der Waals surface area contributed by atoms with Crippen molar-refractivity contribution >= 4 is 11.5 Å². The Morgan fingerprint density at radius 3 is 2.94 bits per heavy atom. The van der Waals surface area contributed by atoms with Crippen LogP contribution in [0.4, 0.5) is 11.5 Å². The van der Waals surface area contributed by atoms with Crippen LogP contribution in [0.2, 0.25) is 0 Å². The predicted octanol–water partition coefficient (Wildman–Crippen LogP) is 0.315. The zero-order valence-corrected chi connectivity index (χ0v) is 9.58. The quantitative estimate of drug-likeness (QED) is 0.578. The number of aromatic nitrogens is 2. The number of aromatic amines is 1. The normalized spacial score (nSPS) is 14.4. The number of anilines is 2. The van der Waals surface area contributed by atoms with Crippen molar-refractivity contribution < 1.29 is 5.11 Å². The Balaban J connectivity index is 2.94. The van der Waals surface area contributed by atoms with Crippen LogP contribution in [0.5, 0.6) is 0 Å². The molecule has 5 N–H and O–H groups in total. The standard InChI is InChI=1S/C10H18N4O2/c1-3-10(2,4-5-15)14-8-7(11)9(16)13-6-12-8/h6,15H,3-5,11H2,1-2H3,(H2,12,13,14,16). The molecule has 1 heterocycles. The van der Waals surface area contributed by atoms with Crippen molar-refractivity contribution in [2.75, 3.05) is 17.7 Å². The van der Waals surface area contributed by atoms with Crippen LogP contribution in [0.3, 0.4) is 0 Å². The monoisotopic (exact) mass is 226 g/mol. The van der Waals surface area contributed by atoms with E-state index in [2.05, 4.69) is 15.3 Å². The number of nitrogens with zero attached hydrogens (tertiary/aromatic N) is 1. The largest absolute Gasteiger partial charge is 0.396 e. The third kappa shape index (κ3) is 2.73. The highest BCUT2D eigenvalue weighted by Crippen LogP contribution is 2.21. The lowest BCUT2D eigenvalue weighted by Crippen LogP contribution is -2.36. The molecule has 6 heteroatoms. The van der Waals surface area contributed by atoms with Gasteiger partial charge in [-0.1, -0.05) is 6.92 Å². The van der Waals surface area contributed by atoms with Crippen molar-refractivity contribution in [1.82, 2.24) is 9.97 Å². The molecule has 0 fully saturated rings. The second-order valence-electron chi connectivity index (χ2n) is 4.01. The third-order valence-corrected chi connectivity index (χ3v) is 2.75. The van der Waals surface area contributed by atoms with E-state index in [1.165, 1.54) is 6.33 Å². The fourth-order valence-corrected chi connectivity index (χ4v) is 1.37. The number of nitrogens with one attached hydrogen (secondary N) is 2. The highest BCUT2D eigenvalue weighted by atomic mass is 16.3. The van der Waals surface area contributed by atoms with Crippen LogP contribution in [0, 0.1) is 0 Å². The average Bonchev–Trinajstić information content (AvgIpc) is 2.25. The molecule has 6 nitrogen and oxygen atoms in total. The van der Waals surface area contributed by atoms with Crippen molar-refractivity contribution in [2.24, 2.45) is 0 Å². The van der Waals surface area contributed by atoms with Crippen molar-refractivity contribution in [1.29, 1.82) is 0 Å². The van der Waals surface area contributed by atoms with Crippen molar-refractivity contribution in [2.45, 2.75) is 32.2 Å². The Labute approximate surface area is 93.9 Å². The molecular weight excluding hydrogens is 208 g/mol. The second-order valence-corrected chi connectivity index (χ2v) is 4.01. The van der Waals surface area contributed by atoms with Crippen LogP contribution >= 0.6 is 0 Å². The Kier molecular flexibility index (Phi) is 3.89. The minimum atomic E-state index is -0.361. The van der Waals surface area contributed by atoms with Crippen LogP contribution < -0.4 is 16.6 Å². The van der Waals surface area contributed by atoms with Gasteiger partial charge in [0.15, 0.2) is 5.82 Å². The summed E-state index contributed by atoms with van der Waals surface area (Å²) >= 11 is 0. The SMILES string of the molecule is CCC(C)(CCO)Nc1nc[nH]c(=O)c1N. The van der Waals surface area contributed by atoms with Crippen molar-refractivity contribution in [3.05, 3.63) is 16.7 Å². The number of aliphatic hydroxyl groups excluding tert-OH is 1. The van der Waals surface area contributed by atoms with Crippen LogP contribution in [0.15, 0.2) is 11.1 Å². The Morgan fingerprint density at radius 1 is 1.69 bits per heavy atom. The minimum absolute atomic E-state index is 0.0696. The molecule has 1 atom stereocenters. The van der Waals surface area contributed by atoms with Gasteiger partial charge < -0.3 is 21.1 Å². The van der Waals surface area contributed by atoms with Gasteiger partial charge in [-0.3, -0.25) is 4.79 Å². The van der Waals surface area contributed by atoms with Crippen LogP contribution in [0.25, 0.3) is 0 Å². The number of hydrogen-bond donors (Lipinski definition) is 4. The zero-order chi connectivity index (χ0) is 12.2. The fraction of sp³-hybridized carbons (Fsp3) is 0.600. The van der Waals surface area contributed by atoms with Gasteiger partial charge in [0.05, 0.1) is 6.33 Å². The summed E-state index contributed by atoms with van der Waals surface area (Å²) in [6.07, 6.45) is 2.66. The number of rotatable bonds is 5. The van der Waals surface area contributed by atoms with Gasteiger partial charge in [0.2, 0.25) is 0 Å². The minimum Gasteiger partial charge on any atom is -0.396 e. The van der Waals surface area contributed by atoms with E-state index in [4.69, 9.17) is 10.8 Å². The van der Waals surface area contributed by atoms with Crippen molar-refractivity contribution in [3.63, 3.8) is 0 Å². The summed E-state index contributed by atoms with van der Waals surface area (Å²) in [5.41, 5.74) is 5.00. The first-order valence-corrected chi connectivity index (χ1v) is 5.24. The molecule has 90 valence electrons.